The van der Waals surface area contributed by atoms with Gasteiger partial charge in [-0.1, -0.05) is 46.4 Å². The van der Waals surface area contributed by atoms with E-state index in [4.69, 9.17) is 55.9 Å². The van der Waals surface area contributed by atoms with E-state index >= 15 is 0 Å². The van der Waals surface area contributed by atoms with Crippen molar-refractivity contribution in [3.8, 4) is 11.5 Å². The van der Waals surface area contributed by atoms with E-state index in [0.29, 0.717) is 26.4 Å². The predicted molar refractivity (Wildman–Crippen MR) is 126 cm³/mol. The van der Waals surface area contributed by atoms with Crippen LogP contribution in [0.5, 0.6) is 11.5 Å². The number of hydrazone groups is 1. The molecule has 1 amide bonds. The topological polar surface area (TPSA) is 77.0 Å². The maximum atomic E-state index is 12.7. The Morgan fingerprint density at radius 1 is 0.844 bits per heavy atom. The maximum absolute atomic E-state index is 12.7. The van der Waals surface area contributed by atoms with E-state index in [1.165, 1.54) is 49.7 Å². The molecule has 0 atom stereocenters. The van der Waals surface area contributed by atoms with Gasteiger partial charge in [-0.3, -0.25) is 4.79 Å². The Hall–Kier alpha value is -2.77. The van der Waals surface area contributed by atoms with Gasteiger partial charge in [0.25, 0.3) is 5.91 Å². The molecule has 32 heavy (non-hydrogen) atoms. The van der Waals surface area contributed by atoms with E-state index in [2.05, 4.69) is 10.5 Å². The molecule has 0 saturated heterocycles. The van der Waals surface area contributed by atoms with Gasteiger partial charge in [-0.05, 0) is 54.6 Å². The van der Waals surface area contributed by atoms with Crippen LogP contribution in [0.3, 0.4) is 0 Å². The average Bonchev–Trinajstić information content (AvgIpc) is 2.75. The number of ether oxygens (including phenoxy) is 2. The molecule has 0 aliphatic heterocycles. The lowest BCUT2D eigenvalue weighted by Gasteiger charge is -2.11. The van der Waals surface area contributed by atoms with Crippen molar-refractivity contribution in [2.24, 2.45) is 5.10 Å². The summed E-state index contributed by atoms with van der Waals surface area (Å²) in [6.07, 6.45) is 1.28. The van der Waals surface area contributed by atoms with Gasteiger partial charge < -0.3 is 9.47 Å². The molecule has 0 radical (unpaired) electrons. The summed E-state index contributed by atoms with van der Waals surface area (Å²) in [4.78, 5) is 25.0. The van der Waals surface area contributed by atoms with Crippen molar-refractivity contribution in [1.29, 1.82) is 0 Å². The highest BCUT2D eigenvalue weighted by atomic mass is 35.5. The van der Waals surface area contributed by atoms with E-state index in [1.54, 1.807) is 18.2 Å². The van der Waals surface area contributed by atoms with Crippen LogP contribution in [0.25, 0.3) is 0 Å². The SMILES string of the molecule is COc1ccc(Cl)cc1C(=O)Oc1ccc(Cl)cc1/C=N/NC(=O)c1ccc(Cl)cc1Cl. The second kappa shape index (κ2) is 10.7. The van der Waals surface area contributed by atoms with Gasteiger partial charge >= 0.3 is 5.97 Å². The second-order valence-electron chi connectivity index (χ2n) is 6.24. The molecular formula is C22H14Cl4N2O4. The van der Waals surface area contributed by atoms with Gasteiger partial charge in [0.05, 0.1) is 23.9 Å². The molecule has 0 aromatic heterocycles. The van der Waals surface area contributed by atoms with E-state index in [-0.39, 0.29) is 21.9 Å². The van der Waals surface area contributed by atoms with Gasteiger partial charge in [-0.25, -0.2) is 10.2 Å². The molecule has 6 nitrogen and oxygen atoms in total. The molecule has 0 saturated carbocycles. The monoisotopic (exact) mass is 510 g/mol. The van der Waals surface area contributed by atoms with Gasteiger partial charge in [0.2, 0.25) is 0 Å². The highest BCUT2D eigenvalue weighted by Crippen LogP contribution is 2.27. The molecular weight excluding hydrogens is 498 g/mol. The average molecular weight is 512 g/mol. The molecule has 3 aromatic rings. The van der Waals surface area contributed by atoms with Gasteiger partial charge in [0.1, 0.15) is 17.1 Å². The fraction of sp³-hybridized carbons (Fsp3) is 0.0455. The summed E-state index contributed by atoms with van der Waals surface area (Å²) in [5.41, 5.74) is 3.02. The summed E-state index contributed by atoms with van der Waals surface area (Å²) in [5.74, 6) is -0.787. The fourth-order valence-electron chi connectivity index (χ4n) is 2.60. The predicted octanol–water partition coefficient (Wildman–Crippen LogP) is 6.29. The summed E-state index contributed by atoms with van der Waals surface area (Å²) >= 11 is 23.9. The number of amides is 1. The summed E-state index contributed by atoms with van der Waals surface area (Å²) in [6.45, 7) is 0. The lowest BCUT2D eigenvalue weighted by atomic mass is 10.2. The van der Waals surface area contributed by atoms with Crippen molar-refractivity contribution >= 4 is 64.5 Å². The summed E-state index contributed by atoms with van der Waals surface area (Å²) in [6, 6.07) is 13.6. The van der Waals surface area contributed by atoms with E-state index in [9.17, 15) is 9.59 Å². The van der Waals surface area contributed by atoms with Gasteiger partial charge in [0.15, 0.2) is 0 Å². The number of carbonyl (C=O) groups is 2. The highest BCUT2D eigenvalue weighted by molar-refractivity contribution is 6.36. The number of methoxy groups -OCH3 is 1. The Balaban J connectivity index is 1.80. The Morgan fingerprint density at radius 3 is 2.16 bits per heavy atom. The number of hydrogen-bond donors (Lipinski definition) is 1. The van der Waals surface area contributed by atoms with Gasteiger partial charge in [-0.2, -0.15) is 5.10 Å². The number of rotatable bonds is 6. The smallest absolute Gasteiger partial charge is 0.347 e. The number of halogens is 4. The zero-order valence-corrected chi connectivity index (χ0v) is 19.4. The third-order valence-electron chi connectivity index (χ3n) is 4.10. The first-order valence-corrected chi connectivity index (χ1v) is 10.4. The molecule has 0 unspecified atom stereocenters. The molecule has 1 N–H and O–H groups in total. The molecule has 0 aliphatic rings. The first-order valence-electron chi connectivity index (χ1n) is 8.92. The number of nitrogens with one attached hydrogen (secondary N) is 1. The van der Waals surface area contributed by atoms with Crippen LogP contribution in [-0.4, -0.2) is 25.2 Å². The van der Waals surface area contributed by atoms with Crippen molar-refractivity contribution < 1.29 is 19.1 Å². The Bertz CT molecular complexity index is 1210. The lowest BCUT2D eigenvalue weighted by molar-refractivity contribution is 0.0730. The zero-order valence-electron chi connectivity index (χ0n) is 16.4. The summed E-state index contributed by atoms with van der Waals surface area (Å²) < 4.78 is 10.7. The Labute approximate surface area is 203 Å². The quantitative estimate of drug-likeness (QED) is 0.182. The highest BCUT2D eigenvalue weighted by Gasteiger charge is 2.17. The molecule has 10 heteroatoms. The molecule has 0 spiro atoms. The lowest BCUT2D eigenvalue weighted by Crippen LogP contribution is -2.18. The Morgan fingerprint density at radius 2 is 1.47 bits per heavy atom. The first-order chi connectivity index (χ1) is 15.3. The molecule has 164 valence electrons. The second-order valence-corrected chi connectivity index (χ2v) is 7.96. The Kier molecular flexibility index (Phi) is 7.99. The van der Waals surface area contributed by atoms with Crippen LogP contribution in [-0.2, 0) is 0 Å². The molecule has 0 fully saturated rings. The minimum absolute atomic E-state index is 0.142. The summed E-state index contributed by atoms with van der Waals surface area (Å²) in [5, 5.41) is 5.20. The van der Waals surface area contributed by atoms with Crippen molar-refractivity contribution in [2.75, 3.05) is 7.11 Å². The van der Waals surface area contributed by atoms with Crippen LogP contribution in [0.4, 0.5) is 0 Å². The van der Waals surface area contributed by atoms with Gasteiger partial charge in [0, 0.05) is 20.6 Å². The van der Waals surface area contributed by atoms with Crippen LogP contribution in [0.1, 0.15) is 26.3 Å². The molecule has 0 heterocycles. The fourth-order valence-corrected chi connectivity index (χ4v) is 3.45. The van der Waals surface area contributed by atoms with E-state index in [0.717, 1.165) is 0 Å². The van der Waals surface area contributed by atoms with E-state index < -0.39 is 11.9 Å². The van der Waals surface area contributed by atoms with Crippen LogP contribution < -0.4 is 14.9 Å². The van der Waals surface area contributed by atoms with Crippen LogP contribution in [0, 0.1) is 0 Å². The number of hydrogen-bond acceptors (Lipinski definition) is 5. The number of carbonyl (C=O) groups excluding carboxylic acids is 2. The first kappa shape index (κ1) is 23.9. The minimum Gasteiger partial charge on any atom is -0.496 e. The standard InChI is InChI=1S/C22H14Cl4N2O4/c1-31-20-7-4-14(24)9-17(20)22(30)32-19-6-3-13(23)8-12(19)11-27-28-21(29)16-5-2-15(25)10-18(16)26/h2-11H,1H3,(H,28,29)/b27-11+. The van der Waals surface area contributed by atoms with Crippen molar-refractivity contribution in [1.82, 2.24) is 5.43 Å². The van der Waals surface area contributed by atoms with Crippen LogP contribution in [0.2, 0.25) is 20.1 Å². The third-order valence-corrected chi connectivity index (χ3v) is 5.12. The zero-order chi connectivity index (χ0) is 23.3. The molecule has 0 bridgehead atoms. The third kappa shape index (κ3) is 5.93. The normalized spacial score (nSPS) is 10.8. The minimum atomic E-state index is -0.696. The molecule has 3 aromatic carbocycles. The van der Waals surface area contributed by atoms with Gasteiger partial charge in [-0.15, -0.1) is 0 Å². The van der Waals surface area contributed by atoms with E-state index in [1.807, 2.05) is 0 Å². The van der Waals surface area contributed by atoms with Crippen LogP contribution >= 0.6 is 46.4 Å². The molecule has 3 rings (SSSR count). The molecule has 0 aliphatic carbocycles. The number of benzene rings is 3. The van der Waals surface area contributed by atoms with Crippen molar-refractivity contribution in [3.63, 3.8) is 0 Å². The largest absolute Gasteiger partial charge is 0.496 e. The number of nitrogens with zero attached hydrogens (tertiary/aromatic N) is 1. The van der Waals surface area contributed by atoms with Crippen LogP contribution in [0.15, 0.2) is 59.7 Å². The van der Waals surface area contributed by atoms with Crippen molar-refractivity contribution in [3.05, 3.63) is 91.4 Å². The van der Waals surface area contributed by atoms with Crippen molar-refractivity contribution in [2.45, 2.75) is 0 Å². The number of esters is 1. The maximum Gasteiger partial charge on any atom is 0.347 e. The summed E-state index contributed by atoms with van der Waals surface area (Å²) in [7, 11) is 1.43.